The quantitative estimate of drug-likeness (QED) is 0.210. The van der Waals surface area contributed by atoms with Gasteiger partial charge in [0.15, 0.2) is 17.5 Å². The van der Waals surface area contributed by atoms with Gasteiger partial charge in [0.25, 0.3) is 0 Å². The van der Waals surface area contributed by atoms with Crippen LogP contribution in [-0.4, -0.2) is 70.3 Å². The molecule has 0 atom stereocenters. The summed E-state index contributed by atoms with van der Waals surface area (Å²) in [6.45, 7) is 3.07. The number of aliphatic imine (C=N–C) groups is 1. The van der Waals surface area contributed by atoms with Gasteiger partial charge in [-0.05, 0) is 6.92 Å². The Labute approximate surface area is 181 Å². The molecule has 1 aliphatic heterocycles. The lowest BCUT2D eigenvalue weighted by Gasteiger charge is -2.17. The third-order valence-electron chi connectivity index (χ3n) is 3.80. The maximum absolute atomic E-state index is 11.6. The predicted molar refractivity (Wildman–Crippen MR) is 116 cm³/mol. The smallest absolute Gasteiger partial charge is 0.324 e. The number of methoxy groups -OCH3 is 3. The molecule has 3 N–H and O–H groups in total. The van der Waals surface area contributed by atoms with Crippen LogP contribution < -0.4 is 30.2 Å². The van der Waals surface area contributed by atoms with Crippen molar-refractivity contribution >= 4 is 47.6 Å². The number of urea groups is 1. The molecule has 1 saturated heterocycles. The Hall–Kier alpha value is -2.44. The van der Waals surface area contributed by atoms with E-state index in [4.69, 9.17) is 14.2 Å². The SMILES string of the molecule is CCNC(=NCCN1C(=O)CNC1=O)Nc1cc(OC)c(OC)c(OC)c1.I. The van der Waals surface area contributed by atoms with Gasteiger partial charge in [-0.15, -0.1) is 24.0 Å². The van der Waals surface area contributed by atoms with Crippen LogP contribution in [0.1, 0.15) is 6.92 Å². The molecule has 1 aromatic rings. The highest BCUT2D eigenvalue weighted by atomic mass is 127. The first-order valence-corrected chi connectivity index (χ1v) is 8.47. The van der Waals surface area contributed by atoms with E-state index in [0.717, 1.165) is 4.90 Å². The van der Waals surface area contributed by atoms with E-state index >= 15 is 0 Å². The molecular formula is C17H26IN5O5. The van der Waals surface area contributed by atoms with Crippen LogP contribution in [0, 0.1) is 0 Å². The molecule has 0 aliphatic carbocycles. The number of guanidine groups is 1. The molecule has 0 radical (unpaired) electrons. The van der Waals surface area contributed by atoms with Crippen LogP contribution in [0.25, 0.3) is 0 Å². The van der Waals surface area contributed by atoms with Crippen LogP contribution in [-0.2, 0) is 4.79 Å². The van der Waals surface area contributed by atoms with E-state index in [1.54, 1.807) is 26.4 Å². The number of hydrogen-bond donors (Lipinski definition) is 3. The Kier molecular flexibility index (Phi) is 9.62. The average molecular weight is 507 g/mol. The Morgan fingerprint density at radius 2 is 1.82 bits per heavy atom. The number of ether oxygens (including phenoxy) is 3. The Morgan fingerprint density at radius 3 is 2.29 bits per heavy atom. The van der Waals surface area contributed by atoms with Gasteiger partial charge in [0.2, 0.25) is 11.7 Å². The second-order valence-corrected chi connectivity index (χ2v) is 5.50. The molecule has 1 aliphatic rings. The molecule has 2 rings (SSSR count). The number of imide groups is 1. The van der Waals surface area contributed by atoms with Gasteiger partial charge in [-0.25, -0.2) is 4.79 Å². The van der Waals surface area contributed by atoms with Crippen molar-refractivity contribution in [3.05, 3.63) is 12.1 Å². The molecule has 0 unspecified atom stereocenters. The van der Waals surface area contributed by atoms with Crippen molar-refractivity contribution in [2.45, 2.75) is 6.92 Å². The van der Waals surface area contributed by atoms with Gasteiger partial charge in [-0.3, -0.25) is 14.7 Å². The minimum absolute atomic E-state index is 0. The monoisotopic (exact) mass is 507 g/mol. The summed E-state index contributed by atoms with van der Waals surface area (Å²) >= 11 is 0. The van der Waals surface area contributed by atoms with Gasteiger partial charge in [0, 0.05) is 24.4 Å². The molecule has 1 aromatic carbocycles. The van der Waals surface area contributed by atoms with Crippen molar-refractivity contribution in [2.24, 2.45) is 4.99 Å². The highest BCUT2D eigenvalue weighted by Crippen LogP contribution is 2.39. The van der Waals surface area contributed by atoms with E-state index in [1.807, 2.05) is 6.92 Å². The minimum Gasteiger partial charge on any atom is -0.493 e. The van der Waals surface area contributed by atoms with E-state index in [9.17, 15) is 9.59 Å². The highest BCUT2D eigenvalue weighted by Gasteiger charge is 2.27. The van der Waals surface area contributed by atoms with E-state index in [-0.39, 0.29) is 49.5 Å². The summed E-state index contributed by atoms with van der Waals surface area (Å²) in [6, 6.07) is 3.12. The number of anilines is 1. The van der Waals surface area contributed by atoms with Gasteiger partial charge in [0.1, 0.15) is 0 Å². The fourth-order valence-corrected chi connectivity index (χ4v) is 2.54. The van der Waals surface area contributed by atoms with E-state index in [0.29, 0.717) is 35.4 Å². The molecule has 1 heterocycles. The first-order chi connectivity index (χ1) is 13.0. The number of benzene rings is 1. The van der Waals surface area contributed by atoms with Crippen molar-refractivity contribution in [2.75, 3.05) is 52.8 Å². The maximum atomic E-state index is 11.6. The van der Waals surface area contributed by atoms with Gasteiger partial charge >= 0.3 is 6.03 Å². The average Bonchev–Trinajstić information content (AvgIpc) is 2.99. The second-order valence-electron chi connectivity index (χ2n) is 5.50. The molecule has 3 amide bonds. The Balaban J connectivity index is 0.00000392. The molecule has 1 fully saturated rings. The summed E-state index contributed by atoms with van der Waals surface area (Å²) < 4.78 is 16.0. The normalized spacial score (nSPS) is 13.6. The van der Waals surface area contributed by atoms with Gasteiger partial charge in [-0.1, -0.05) is 0 Å². The van der Waals surface area contributed by atoms with Gasteiger partial charge in [-0.2, -0.15) is 0 Å². The van der Waals surface area contributed by atoms with E-state index in [2.05, 4.69) is 20.9 Å². The van der Waals surface area contributed by atoms with Crippen molar-refractivity contribution < 1.29 is 23.8 Å². The Morgan fingerprint density at radius 1 is 1.18 bits per heavy atom. The number of nitrogens with zero attached hydrogens (tertiary/aromatic N) is 2. The van der Waals surface area contributed by atoms with Crippen LogP contribution in [0.5, 0.6) is 17.2 Å². The zero-order chi connectivity index (χ0) is 19.8. The van der Waals surface area contributed by atoms with E-state index in [1.165, 1.54) is 7.11 Å². The number of amides is 3. The molecule has 156 valence electrons. The number of hydrogen-bond acceptors (Lipinski definition) is 6. The number of nitrogens with one attached hydrogen (secondary N) is 3. The highest BCUT2D eigenvalue weighted by molar-refractivity contribution is 14.0. The fraction of sp³-hybridized carbons (Fsp3) is 0.471. The van der Waals surface area contributed by atoms with Crippen molar-refractivity contribution in [1.82, 2.24) is 15.5 Å². The largest absolute Gasteiger partial charge is 0.493 e. The van der Waals surface area contributed by atoms with Crippen LogP contribution in [0.15, 0.2) is 17.1 Å². The van der Waals surface area contributed by atoms with Gasteiger partial charge < -0.3 is 30.2 Å². The molecule has 10 nitrogen and oxygen atoms in total. The summed E-state index contributed by atoms with van der Waals surface area (Å²) in [5.74, 6) is 1.76. The third-order valence-corrected chi connectivity index (χ3v) is 3.80. The summed E-state index contributed by atoms with van der Waals surface area (Å²) in [5.41, 5.74) is 0.680. The predicted octanol–water partition coefficient (Wildman–Crippen LogP) is 1.26. The Bertz CT molecular complexity index is 687. The molecular weight excluding hydrogens is 481 g/mol. The molecule has 28 heavy (non-hydrogen) atoms. The molecule has 0 spiro atoms. The minimum atomic E-state index is -0.391. The molecule has 0 aromatic heterocycles. The number of halogens is 1. The zero-order valence-corrected chi connectivity index (χ0v) is 18.7. The van der Waals surface area contributed by atoms with Crippen LogP contribution >= 0.6 is 24.0 Å². The fourth-order valence-electron chi connectivity index (χ4n) is 2.54. The summed E-state index contributed by atoms with van der Waals surface area (Å²) in [5, 5.41) is 8.73. The lowest BCUT2D eigenvalue weighted by atomic mass is 10.2. The topological polar surface area (TPSA) is 114 Å². The second kappa shape index (κ2) is 11.4. The molecule has 11 heteroatoms. The number of carbonyl (C=O) groups excluding carboxylic acids is 2. The van der Waals surface area contributed by atoms with Gasteiger partial charge in [0.05, 0.1) is 41.0 Å². The van der Waals surface area contributed by atoms with E-state index < -0.39 is 6.03 Å². The number of rotatable bonds is 8. The summed E-state index contributed by atoms with van der Waals surface area (Å²) in [7, 11) is 4.62. The first kappa shape index (κ1) is 23.6. The van der Waals surface area contributed by atoms with Crippen molar-refractivity contribution in [1.29, 1.82) is 0 Å². The lowest BCUT2D eigenvalue weighted by Crippen LogP contribution is -2.35. The first-order valence-electron chi connectivity index (χ1n) is 8.47. The van der Waals surface area contributed by atoms with Crippen molar-refractivity contribution in [3.8, 4) is 17.2 Å². The van der Waals surface area contributed by atoms with Crippen LogP contribution in [0.3, 0.4) is 0 Å². The van der Waals surface area contributed by atoms with Crippen LogP contribution in [0.4, 0.5) is 10.5 Å². The third kappa shape index (κ3) is 5.78. The van der Waals surface area contributed by atoms with Crippen LogP contribution in [0.2, 0.25) is 0 Å². The maximum Gasteiger partial charge on any atom is 0.324 e. The lowest BCUT2D eigenvalue weighted by molar-refractivity contribution is -0.124. The van der Waals surface area contributed by atoms with Crippen molar-refractivity contribution in [3.63, 3.8) is 0 Å². The summed E-state index contributed by atoms with van der Waals surface area (Å²) in [6.07, 6.45) is 0. The zero-order valence-electron chi connectivity index (χ0n) is 16.3. The summed E-state index contributed by atoms with van der Waals surface area (Å²) in [4.78, 5) is 28.7. The number of carbonyl (C=O) groups is 2. The standard InChI is InChI=1S/C17H25N5O5.HI/c1-5-18-16(19-6-7-22-14(23)10-20-17(22)24)21-11-8-12(25-2)15(27-4)13(9-11)26-3;/h8-9H,5-7,10H2,1-4H3,(H,20,24)(H2,18,19,21);1H. The molecule has 0 saturated carbocycles. The molecule has 0 bridgehead atoms.